The number of carbonyl (C=O) groups excluding carboxylic acids is 2. The maximum Gasteiger partial charge on any atom is 0.251 e. The van der Waals surface area contributed by atoms with Crippen molar-refractivity contribution in [2.45, 2.75) is 25.4 Å². The van der Waals surface area contributed by atoms with Crippen molar-refractivity contribution in [1.29, 1.82) is 0 Å². The Morgan fingerprint density at radius 1 is 1.07 bits per heavy atom. The first-order valence-electron chi connectivity index (χ1n) is 8.92. The lowest BCUT2D eigenvalue weighted by Crippen LogP contribution is -2.59. The Bertz CT molecular complexity index is 1010. The fourth-order valence-electron chi connectivity index (χ4n) is 2.50. The standard InChI is InChI=1S/C23H23N3O3/c1-23(2,25)21(20(28)15-27)26-22(29)18-13-11-16(12-14-18)7-3-4-8-17-9-5-6-10-19(17)24/h5-6,9-14,21,27H,15,24-25H2,1-2H3,(H,26,29)/t21-/m1/s1. The fraction of sp³-hybridized carbons (Fsp3) is 0.217. The number of nitrogens with one attached hydrogen (secondary N) is 1. The molecule has 0 unspecified atom stereocenters. The largest absolute Gasteiger partial charge is 0.398 e. The second-order valence-corrected chi connectivity index (χ2v) is 7.02. The molecule has 2 aromatic rings. The normalized spacial score (nSPS) is 11.3. The molecular formula is C23H23N3O3. The first kappa shape index (κ1) is 21.7. The van der Waals surface area contributed by atoms with Crippen LogP contribution in [0.2, 0.25) is 0 Å². The van der Waals surface area contributed by atoms with Gasteiger partial charge in [-0.25, -0.2) is 0 Å². The Morgan fingerprint density at radius 2 is 1.69 bits per heavy atom. The first-order chi connectivity index (χ1) is 13.7. The lowest BCUT2D eigenvalue weighted by atomic mass is 9.92. The van der Waals surface area contributed by atoms with Gasteiger partial charge in [0.2, 0.25) is 0 Å². The van der Waals surface area contributed by atoms with E-state index in [2.05, 4.69) is 29.0 Å². The van der Waals surface area contributed by atoms with Crippen LogP contribution in [0.3, 0.4) is 0 Å². The number of hydrogen-bond donors (Lipinski definition) is 4. The van der Waals surface area contributed by atoms with Crippen molar-refractivity contribution in [3.63, 3.8) is 0 Å². The van der Waals surface area contributed by atoms with Gasteiger partial charge in [-0.2, -0.15) is 0 Å². The maximum atomic E-state index is 12.4. The van der Waals surface area contributed by atoms with E-state index >= 15 is 0 Å². The van der Waals surface area contributed by atoms with E-state index < -0.39 is 29.9 Å². The van der Waals surface area contributed by atoms with Gasteiger partial charge >= 0.3 is 0 Å². The number of carbonyl (C=O) groups is 2. The number of Topliss-reactive ketones (excluding diaryl/α,β-unsaturated/α-hetero) is 1. The van der Waals surface area contributed by atoms with Crippen molar-refractivity contribution in [2.24, 2.45) is 5.73 Å². The molecule has 1 atom stereocenters. The van der Waals surface area contributed by atoms with Gasteiger partial charge in [-0.3, -0.25) is 9.59 Å². The molecule has 0 spiro atoms. The van der Waals surface area contributed by atoms with Gasteiger partial charge in [0, 0.05) is 27.9 Å². The van der Waals surface area contributed by atoms with Gasteiger partial charge < -0.3 is 21.9 Å². The highest BCUT2D eigenvalue weighted by Crippen LogP contribution is 2.10. The number of benzene rings is 2. The second-order valence-electron chi connectivity index (χ2n) is 7.02. The van der Waals surface area contributed by atoms with E-state index in [9.17, 15) is 9.59 Å². The van der Waals surface area contributed by atoms with Crippen molar-refractivity contribution in [3.8, 4) is 23.7 Å². The number of aliphatic hydroxyl groups excluding tert-OH is 1. The summed E-state index contributed by atoms with van der Waals surface area (Å²) in [6.45, 7) is 2.51. The Morgan fingerprint density at radius 3 is 2.28 bits per heavy atom. The number of amides is 1. The van der Waals surface area contributed by atoms with Crippen LogP contribution in [0.1, 0.15) is 35.3 Å². The summed E-state index contributed by atoms with van der Waals surface area (Å²) in [6, 6.07) is 12.8. The maximum absolute atomic E-state index is 12.4. The van der Waals surface area contributed by atoms with Gasteiger partial charge in [0.05, 0.1) is 0 Å². The molecule has 0 fully saturated rings. The van der Waals surface area contributed by atoms with E-state index in [1.54, 1.807) is 44.2 Å². The molecule has 1 amide bonds. The zero-order valence-corrected chi connectivity index (χ0v) is 16.3. The molecule has 29 heavy (non-hydrogen) atoms. The minimum Gasteiger partial charge on any atom is -0.398 e. The average molecular weight is 389 g/mol. The summed E-state index contributed by atoms with van der Waals surface area (Å²) < 4.78 is 0. The van der Waals surface area contributed by atoms with Crippen molar-refractivity contribution in [2.75, 3.05) is 12.3 Å². The van der Waals surface area contributed by atoms with E-state index in [0.29, 0.717) is 22.4 Å². The molecule has 148 valence electrons. The van der Waals surface area contributed by atoms with Crippen LogP contribution in [0.4, 0.5) is 5.69 Å². The number of rotatable bonds is 5. The minimum absolute atomic E-state index is 0.346. The third kappa shape index (κ3) is 6.22. The third-order valence-corrected chi connectivity index (χ3v) is 4.07. The van der Waals surface area contributed by atoms with Gasteiger partial charge in [-0.05, 0) is 62.1 Å². The van der Waals surface area contributed by atoms with Crippen LogP contribution in [-0.4, -0.2) is 35.0 Å². The monoisotopic (exact) mass is 389 g/mol. The second kappa shape index (κ2) is 9.57. The van der Waals surface area contributed by atoms with E-state index in [-0.39, 0.29) is 0 Å². The van der Waals surface area contributed by atoms with Gasteiger partial charge in [-0.1, -0.05) is 24.0 Å². The van der Waals surface area contributed by atoms with E-state index in [0.717, 1.165) is 0 Å². The summed E-state index contributed by atoms with van der Waals surface area (Å²) in [5.74, 6) is 10.3. The first-order valence-corrected chi connectivity index (χ1v) is 8.92. The fourth-order valence-corrected chi connectivity index (χ4v) is 2.50. The molecule has 6 nitrogen and oxygen atoms in total. The number of aliphatic hydroxyl groups is 1. The summed E-state index contributed by atoms with van der Waals surface area (Å²) in [4.78, 5) is 24.3. The summed E-state index contributed by atoms with van der Waals surface area (Å²) in [5, 5.41) is 11.7. The highest BCUT2D eigenvalue weighted by Gasteiger charge is 2.32. The predicted molar refractivity (Wildman–Crippen MR) is 113 cm³/mol. The quantitative estimate of drug-likeness (QED) is 0.451. The lowest BCUT2D eigenvalue weighted by Gasteiger charge is -2.29. The Kier molecular flexibility index (Phi) is 7.16. The van der Waals surface area contributed by atoms with Gasteiger partial charge in [-0.15, -0.1) is 0 Å². The molecule has 0 aromatic heterocycles. The molecule has 0 aliphatic heterocycles. The van der Waals surface area contributed by atoms with Crippen LogP contribution in [0.25, 0.3) is 0 Å². The number of anilines is 1. The molecule has 0 radical (unpaired) electrons. The molecule has 0 saturated heterocycles. The Labute approximate surface area is 170 Å². The topological polar surface area (TPSA) is 118 Å². The highest BCUT2D eigenvalue weighted by molar-refractivity contribution is 5.98. The van der Waals surface area contributed by atoms with Gasteiger partial charge in [0.15, 0.2) is 5.78 Å². The minimum atomic E-state index is -1.01. The highest BCUT2D eigenvalue weighted by atomic mass is 16.3. The van der Waals surface area contributed by atoms with Crippen LogP contribution >= 0.6 is 0 Å². The van der Waals surface area contributed by atoms with Gasteiger partial charge in [0.1, 0.15) is 12.6 Å². The molecular weight excluding hydrogens is 366 g/mol. The Hall–Kier alpha value is -3.58. The molecule has 0 aliphatic carbocycles. The summed E-state index contributed by atoms with van der Waals surface area (Å²) in [6.07, 6.45) is 0. The number of nitrogen functional groups attached to an aromatic ring is 1. The van der Waals surface area contributed by atoms with Crippen LogP contribution in [-0.2, 0) is 4.79 Å². The molecule has 2 rings (SSSR count). The van der Waals surface area contributed by atoms with E-state index in [1.807, 2.05) is 18.2 Å². The zero-order valence-electron chi connectivity index (χ0n) is 16.3. The van der Waals surface area contributed by atoms with Crippen molar-refractivity contribution < 1.29 is 14.7 Å². The molecule has 0 aliphatic rings. The summed E-state index contributed by atoms with van der Waals surface area (Å²) in [5.41, 5.74) is 13.1. The molecule has 0 bridgehead atoms. The van der Waals surface area contributed by atoms with Crippen molar-refractivity contribution in [1.82, 2.24) is 5.32 Å². The number of hydrogen-bond acceptors (Lipinski definition) is 5. The van der Waals surface area contributed by atoms with Crippen molar-refractivity contribution in [3.05, 3.63) is 65.2 Å². The molecule has 6 N–H and O–H groups in total. The Balaban J connectivity index is 2.08. The van der Waals surface area contributed by atoms with Crippen molar-refractivity contribution >= 4 is 17.4 Å². The molecule has 6 heteroatoms. The molecule has 0 heterocycles. The van der Waals surface area contributed by atoms with Crippen LogP contribution in [0.15, 0.2) is 48.5 Å². The van der Waals surface area contributed by atoms with Crippen LogP contribution in [0.5, 0.6) is 0 Å². The van der Waals surface area contributed by atoms with Crippen LogP contribution < -0.4 is 16.8 Å². The third-order valence-electron chi connectivity index (χ3n) is 4.07. The number of nitrogens with two attached hydrogens (primary N) is 2. The van der Waals surface area contributed by atoms with Crippen LogP contribution in [0, 0.1) is 23.7 Å². The molecule has 0 saturated carbocycles. The lowest BCUT2D eigenvalue weighted by molar-refractivity contribution is -0.124. The predicted octanol–water partition coefficient (Wildman–Crippen LogP) is 1.07. The molecule has 2 aromatic carbocycles. The number of para-hydroxylation sites is 1. The van der Waals surface area contributed by atoms with E-state index in [4.69, 9.17) is 16.6 Å². The SMILES string of the molecule is CC(C)(N)[C@H](NC(=O)c1ccc(C#CC#Cc2ccccc2N)cc1)C(=O)CO. The van der Waals surface area contributed by atoms with Gasteiger partial charge in [0.25, 0.3) is 5.91 Å². The average Bonchev–Trinajstić information content (AvgIpc) is 2.69. The summed E-state index contributed by atoms with van der Waals surface area (Å²) in [7, 11) is 0. The summed E-state index contributed by atoms with van der Waals surface area (Å²) >= 11 is 0. The number of ketones is 1. The zero-order chi connectivity index (χ0) is 21.4. The van der Waals surface area contributed by atoms with E-state index in [1.165, 1.54) is 0 Å². The smallest absolute Gasteiger partial charge is 0.251 e.